The van der Waals surface area contributed by atoms with Gasteiger partial charge in [0.15, 0.2) is 11.5 Å². The Kier molecular flexibility index (Phi) is 2.41. The van der Waals surface area contributed by atoms with Crippen LogP contribution in [0.15, 0.2) is 22.6 Å². The van der Waals surface area contributed by atoms with Gasteiger partial charge in [0.2, 0.25) is 0 Å². The molecule has 0 spiro atoms. The average Bonchev–Trinajstić information content (AvgIpc) is 2.59. The van der Waals surface area contributed by atoms with Crippen molar-refractivity contribution in [2.75, 3.05) is 0 Å². The van der Waals surface area contributed by atoms with Gasteiger partial charge in [0.1, 0.15) is 5.52 Å². The number of fused-ring (bicyclic) bond motifs is 1. The van der Waals surface area contributed by atoms with Gasteiger partial charge < -0.3 is 9.52 Å². The van der Waals surface area contributed by atoms with Crippen LogP contribution in [0.1, 0.15) is 29.6 Å². The summed E-state index contributed by atoms with van der Waals surface area (Å²) in [5.74, 6) is -0.291. The van der Waals surface area contributed by atoms with Crippen molar-refractivity contribution >= 4 is 17.1 Å². The summed E-state index contributed by atoms with van der Waals surface area (Å²) in [6.45, 7) is 2.04. The van der Waals surface area contributed by atoms with Gasteiger partial charge in [-0.1, -0.05) is 6.92 Å². The summed E-state index contributed by atoms with van der Waals surface area (Å²) in [5.41, 5.74) is 1.48. The van der Waals surface area contributed by atoms with Crippen LogP contribution in [0.2, 0.25) is 0 Å². The van der Waals surface area contributed by atoms with E-state index in [9.17, 15) is 4.79 Å². The Morgan fingerprint density at radius 1 is 1.53 bits per heavy atom. The van der Waals surface area contributed by atoms with E-state index in [0.717, 1.165) is 12.8 Å². The summed E-state index contributed by atoms with van der Waals surface area (Å²) in [5, 5.41) is 8.79. The zero-order valence-corrected chi connectivity index (χ0v) is 8.36. The van der Waals surface area contributed by atoms with Crippen LogP contribution in [-0.4, -0.2) is 16.1 Å². The fourth-order valence-corrected chi connectivity index (χ4v) is 1.43. The Balaban J connectivity index is 2.47. The van der Waals surface area contributed by atoms with Gasteiger partial charge in [0, 0.05) is 6.42 Å². The number of benzene rings is 1. The predicted molar refractivity (Wildman–Crippen MR) is 55.0 cm³/mol. The normalized spacial score (nSPS) is 10.7. The van der Waals surface area contributed by atoms with Crippen LogP contribution < -0.4 is 0 Å². The van der Waals surface area contributed by atoms with Gasteiger partial charge in [-0.05, 0) is 24.6 Å². The van der Waals surface area contributed by atoms with Crippen molar-refractivity contribution in [2.45, 2.75) is 19.8 Å². The Hall–Kier alpha value is -1.84. The first-order valence-electron chi connectivity index (χ1n) is 4.83. The summed E-state index contributed by atoms with van der Waals surface area (Å²) in [7, 11) is 0. The molecule has 0 amide bonds. The first-order valence-corrected chi connectivity index (χ1v) is 4.83. The van der Waals surface area contributed by atoms with Gasteiger partial charge >= 0.3 is 5.97 Å². The van der Waals surface area contributed by atoms with E-state index in [4.69, 9.17) is 9.52 Å². The molecule has 0 aliphatic carbocycles. The quantitative estimate of drug-likeness (QED) is 0.836. The van der Waals surface area contributed by atoms with Gasteiger partial charge in [-0.2, -0.15) is 0 Å². The van der Waals surface area contributed by atoms with Crippen LogP contribution in [0.4, 0.5) is 0 Å². The van der Waals surface area contributed by atoms with Crippen molar-refractivity contribution in [3.63, 3.8) is 0 Å². The van der Waals surface area contributed by atoms with Crippen molar-refractivity contribution in [1.82, 2.24) is 4.98 Å². The fraction of sp³-hybridized carbons (Fsp3) is 0.273. The molecule has 0 radical (unpaired) electrons. The van der Waals surface area contributed by atoms with E-state index in [1.165, 1.54) is 12.1 Å². The van der Waals surface area contributed by atoms with Crippen LogP contribution >= 0.6 is 0 Å². The zero-order valence-electron chi connectivity index (χ0n) is 8.36. The van der Waals surface area contributed by atoms with Crippen molar-refractivity contribution in [3.8, 4) is 0 Å². The number of aromatic nitrogens is 1. The smallest absolute Gasteiger partial charge is 0.335 e. The minimum Gasteiger partial charge on any atom is -0.478 e. The molecule has 0 saturated heterocycles. The number of aryl methyl sites for hydroxylation is 1. The molecular weight excluding hydrogens is 194 g/mol. The van der Waals surface area contributed by atoms with Gasteiger partial charge in [0.05, 0.1) is 5.56 Å². The Bertz CT molecular complexity index is 502. The van der Waals surface area contributed by atoms with Crippen LogP contribution in [0.25, 0.3) is 11.1 Å². The van der Waals surface area contributed by atoms with E-state index in [0.29, 0.717) is 17.0 Å². The van der Waals surface area contributed by atoms with Gasteiger partial charge in [0.25, 0.3) is 0 Å². The number of aromatic carboxylic acids is 1. The second-order valence-electron chi connectivity index (χ2n) is 3.35. The van der Waals surface area contributed by atoms with E-state index in [-0.39, 0.29) is 5.56 Å². The lowest BCUT2D eigenvalue weighted by Gasteiger charge is -1.91. The molecule has 4 nitrogen and oxygen atoms in total. The maximum absolute atomic E-state index is 10.7. The number of hydrogen-bond acceptors (Lipinski definition) is 3. The molecule has 0 atom stereocenters. The third kappa shape index (κ3) is 1.83. The van der Waals surface area contributed by atoms with Crippen molar-refractivity contribution in [2.24, 2.45) is 0 Å². The number of hydrogen-bond donors (Lipinski definition) is 1. The van der Waals surface area contributed by atoms with Crippen LogP contribution in [0.5, 0.6) is 0 Å². The highest BCUT2D eigenvalue weighted by molar-refractivity contribution is 5.91. The lowest BCUT2D eigenvalue weighted by atomic mass is 10.2. The van der Waals surface area contributed by atoms with E-state index < -0.39 is 5.97 Å². The molecule has 0 saturated carbocycles. The lowest BCUT2D eigenvalue weighted by Crippen LogP contribution is -1.94. The maximum Gasteiger partial charge on any atom is 0.335 e. The topological polar surface area (TPSA) is 63.3 Å². The first-order chi connectivity index (χ1) is 7.20. The van der Waals surface area contributed by atoms with Crippen LogP contribution in [0.3, 0.4) is 0 Å². The molecule has 0 bridgehead atoms. The molecule has 0 unspecified atom stereocenters. The monoisotopic (exact) mass is 205 g/mol. The number of rotatable bonds is 3. The highest BCUT2D eigenvalue weighted by Gasteiger charge is 2.08. The van der Waals surface area contributed by atoms with E-state index in [1.54, 1.807) is 6.07 Å². The lowest BCUT2D eigenvalue weighted by molar-refractivity contribution is 0.0697. The standard InChI is InChI=1S/C11H11NO3/c1-2-3-10-12-8-5-4-7(11(13)14)6-9(8)15-10/h4-6H,2-3H2,1H3,(H,13,14). The third-order valence-electron chi connectivity index (χ3n) is 2.14. The summed E-state index contributed by atoms with van der Waals surface area (Å²) < 4.78 is 5.42. The highest BCUT2D eigenvalue weighted by atomic mass is 16.4. The van der Waals surface area contributed by atoms with E-state index >= 15 is 0 Å². The van der Waals surface area contributed by atoms with Crippen molar-refractivity contribution in [1.29, 1.82) is 0 Å². The van der Waals surface area contributed by atoms with Gasteiger partial charge in [-0.15, -0.1) is 0 Å². The molecular formula is C11H11NO3. The molecule has 15 heavy (non-hydrogen) atoms. The largest absolute Gasteiger partial charge is 0.478 e. The van der Waals surface area contributed by atoms with E-state index in [2.05, 4.69) is 4.98 Å². The summed E-state index contributed by atoms with van der Waals surface area (Å²) in [4.78, 5) is 15.0. The number of carboxylic acid groups (broad SMARTS) is 1. The molecule has 0 aliphatic heterocycles. The minimum absolute atomic E-state index is 0.224. The minimum atomic E-state index is -0.953. The number of nitrogens with zero attached hydrogens (tertiary/aromatic N) is 1. The van der Waals surface area contributed by atoms with Crippen molar-refractivity contribution < 1.29 is 14.3 Å². The first kappa shape index (κ1) is 9.71. The summed E-state index contributed by atoms with van der Waals surface area (Å²) >= 11 is 0. The maximum atomic E-state index is 10.7. The van der Waals surface area contributed by atoms with Gasteiger partial charge in [-0.25, -0.2) is 9.78 Å². The summed E-state index contributed by atoms with van der Waals surface area (Å²) in [6.07, 6.45) is 1.73. The second kappa shape index (κ2) is 3.73. The molecule has 78 valence electrons. The molecule has 4 heteroatoms. The summed E-state index contributed by atoms with van der Waals surface area (Å²) in [6, 6.07) is 4.70. The molecule has 2 aromatic rings. The average molecular weight is 205 g/mol. The van der Waals surface area contributed by atoms with Crippen LogP contribution in [0, 0.1) is 0 Å². The molecule has 1 aromatic carbocycles. The molecule has 0 fully saturated rings. The zero-order chi connectivity index (χ0) is 10.8. The Morgan fingerprint density at radius 3 is 3.00 bits per heavy atom. The fourth-order valence-electron chi connectivity index (χ4n) is 1.43. The Morgan fingerprint density at radius 2 is 2.33 bits per heavy atom. The van der Waals surface area contributed by atoms with Crippen molar-refractivity contribution in [3.05, 3.63) is 29.7 Å². The third-order valence-corrected chi connectivity index (χ3v) is 2.14. The predicted octanol–water partition coefficient (Wildman–Crippen LogP) is 2.48. The molecule has 0 aliphatic rings. The van der Waals surface area contributed by atoms with Gasteiger partial charge in [-0.3, -0.25) is 0 Å². The number of oxazole rings is 1. The SMILES string of the molecule is CCCc1nc2ccc(C(=O)O)cc2o1. The second-order valence-corrected chi connectivity index (χ2v) is 3.35. The van der Waals surface area contributed by atoms with Crippen LogP contribution in [-0.2, 0) is 6.42 Å². The molecule has 1 N–H and O–H groups in total. The number of carboxylic acids is 1. The Labute approximate surface area is 86.5 Å². The van der Waals surface area contributed by atoms with E-state index in [1.807, 2.05) is 6.92 Å². The molecule has 1 heterocycles. The molecule has 1 aromatic heterocycles. The highest BCUT2D eigenvalue weighted by Crippen LogP contribution is 2.18. The molecule has 2 rings (SSSR count). The number of carbonyl (C=O) groups is 1.